The largest absolute Gasteiger partial charge is 0.370 e. The SMILES string of the molecule is CCNc1ncnc2c1c(C#Cc1cc(C(=O)Nc3cccc(C(C)(F)F)c3)ccc1C)nn2CC. The van der Waals surface area contributed by atoms with Crippen LogP contribution in [0.5, 0.6) is 0 Å². The lowest BCUT2D eigenvalue weighted by Gasteiger charge is -2.13. The first-order valence-corrected chi connectivity index (χ1v) is 11.6. The van der Waals surface area contributed by atoms with E-state index in [1.807, 2.05) is 20.8 Å². The lowest BCUT2D eigenvalue weighted by molar-refractivity contribution is 0.0175. The van der Waals surface area contributed by atoms with Crippen molar-refractivity contribution in [2.45, 2.75) is 40.2 Å². The van der Waals surface area contributed by atoms with E-state index in [1.54, 1.807) is 28.9 Å². The monoisotopic (exact) mass is 488 g/mol. The van der Waals surface area contributed by atoms with E-state index in [9.17, 15) is 13.6 Å². The molecule has 7 nitrogen and oxygen atoms in total. The predicted molar refractivity (Wildman–Crippen MR) is 136 cm³/mol. The number of anilines is 2. The first-order valence-electron chi connectivity index (χ1n) is 11.6. The highest BCUT2D eigenvalue weighted by Gasteiger charge is 2.24. The minimum atomic E-state index is -3.00. The van der Waals surface area contributed by atoms with Crippen LogP contribution >= 0.6 is 0 Å². The van der Waals surface area contributed by atoms with Crippen molar-refractivity contribution in [3.63, 3.8) is 0 Å². The van der Waals surface area contributed by atoms with E-state index in [0.29, 0.717) is 47.1 Å². The molecule has 0 bridgehead atoms. The highest BCUT2D eigenvalue weighted by Crippen LogP contribution is 2.29. The molecular weight excluding hydrogens is 462 g/mol. The van der Waals surface area contributed by atoms with Crippen LogP contribution in [0, 0.1) is 18.8 Å². The number of hydrogen-bond donors (Lipinski definition) is 2. The van der Waals surface area contributed by atoms with E-state index < -0.39 is 11.8 Å². The number of carbonyl (C=O) groups excluding carboxylic acids is 1. The molecular formula is C27H26F2N6O. The highest BCUT2D eigenvalue weighted by atomic mass is 19.3. The number of aromatic nitrogens is 4. The Hall–Kier alpha value is -4.32. The summed E-state index contributed by atoms with van der Waals surface area (Å²) in [5.74, 6) is 3.49. The Kier molecular flexibility index (Phi) is 6.97. The third kappa shape index (κ3) is 5.18. The fourth-order valence-corrected chi connectivity index (χ4v) is 3.72. The number of nitrogens with one attached hydrogen (secondary N) is 2. The summed E-state index contributed by atoms with van der Waals surface area (Å²) in [6.07, 6.45) is 1.49. The average Bonchev–Trinajstić information content (AvgIpc) is 3.22. The van der Waals surface area contributed by atoms with Crippen molar-refractivity contribution in [3.8, 4) is 11.8 Å². The molecule has 2 N–H and O–H groups in total. The summed E-state index contributed by atoms with van der Waals surface area (Å²) >= 11 is 0. The van der Waals surface area contributed by atoms with E-state index in [4.69, 9.17) is 0 Å². The molecule has 0 saturated heterocycles. The van der Waals surface area contributed by atoms with Crippen LogP contribution in [0.15, 0.2) is 48.8 Å². The molecule has 0 unspecified atom stereocenters. The van der Waals surface area contributed by atoms with Crippen molar-refractivity contribution >= 4 is 28.4 Å². The summed E-state index contributed by atoms with van der Waals surface area (Å²) in [6, 6.07) is 10.8. The number of alkyl halides is 2. The van der Waals surface area contributed by atoms with Gasteiger partial charge in [-0.25, -0.2) is 23.4 Å². The third-order valence-corrected chi connectivity index (χ3v) is 5.62. The second-order valence-corrected chi connectivity index (χ2v) is 8.32. The molecule has 0 aliphatic heterocycles. The van der Waals surface area contributed by atoms with Gasteiger partial charge in [0.25, 0.3) is 11.8 Å². The van der Waals surface area contributed by atoms with Gasteiger partial charge in [-0.15, -0.1) is 0 Å². The maximum Gasteiger partial charge on any atom is 0.270 e. The van der Waals surface area contributed by atoms with Gasteiger partial charge in [0, 0.05) is 42.4 Å². The fourth-order valence-electron chi connectivity index (χ4n) is 3.72. The molecule has 0 spiro atoms. The minimum absolute atomic E-state index is 0.171. The zero-order chi connectivity index (χ0) is 25.9. The zero-order valence-electron chi connectivity index (χ0n) is 20.5. The molecule has 0 saturated carbocycles. The summed E-state index contributed by atoms with van der Waals surface area (Å²) in [5.41, 5.74) is 3.24. The molecule has 0 aliphatic rings. The normalized spacial score (nSPS) is 11.2. The molecule has 0 atom stereocenters. The van der Waals surface area contributed by atoms with Crippen LogP contribution in [-0.2, 0) is 12.5 Å². The molecule has 184 valence electrons. The van der Waals surface area contributed by atoms with E-state index in [-0.39, 0.29) is 5.56 Å². The second kappa shape index (κ2) is 10.1. The van der Waals surface area contributed by atoms with Gasteiger partial charge in [0.15, 0.2) is 5.65 Å². The van der Waals surface area contributed by atoms with E-state index in [2.05, 4.69) is 37.5 Å². The summed E-state index contributed by atoms with van der Waals surface area (Å²) in [6.45, 7) is 7.98. The number of aryl methyl sites for hydroxylation is 2. The molecule has 2 aromatic heterocycles. The summed E-state index contributed by atoms with van der Waals surface area (Å²) in [7, 11) is 0. The molecule has 0 fully saturated rings. The van der Waals surface area contributed by atoms with Crippen molar-refractivity contribution in [2.24, 2.45) is 0 Å². The van der Waals surface area contributed by atoms with E-state index >= 15 is 0 Å². The maximum absolute atomic E-state index is 13.7. The first kappa shape index (κ1) is 24.8. The van der Waals surface area contributed by atoms with Crippen LogP contribution in [0.3, 0.4) is 0 Å². The second-order valence-electron chi connectivity index (χ2n) is 8.32. The molecule has 1 amide bonds. The number of benzene rings is 2. The minimum Gasteiger partial charge on any atom is -0.370 e. The van der Waals surface area contributed by atoms with E-state index in [1.165, 1.54) is 24.5 Å². The van der Waals surface area contributed by atoms with Crippen molar-refractivity contribution in [2.75, 3.05) is 17.2 Å². The number of fused-ring (bicyclic) bond motifs is 1. The first-order chi connectivity index (χ1) is 17.2. The number of rotatable bonds is 6. The van der Waals surface area contributed by atoms with Gasteiger partial charge in [-0.3, -0.25) is 4.79 Å². The van der Waals surface area contributed by atoms with Crippen molar-refractivity contribution in [1.82, 2.24) is 19.7 Å². The Balaban J connectivity index is 1.66. The predicted octanol–water partition coefficient (Wildman–Crippen LogP) is 5.35. The maximum atomic E-state index is 13.7. The average molecular weight is 489 g/mol. The molecule has 2 aromatic carbocycles. The van der Waals surface area contributed by atoms with Gasteiger partial charge in [0.2, 0.25) is 0 Å². The Bertz CT molecular complexity index is 1490. The summed E-state index contributed by atoms with van der Waals surface area (Å²) < 4.78 is 29.1. The number of carbonyl (C=O) groups is 1. The number of halogens is 2. The quantitative estimate of drug-likeness (QED) is 0.358. The van der Waals surface area contributed by atoms with Crippen molar-refractivity contribution < 1.29 is 13.6 Å². The van der Waals surface area contributed by atoms with Crippen LogP contribution in [0.1, 0.15) is 53.5 Å². The van der Waals surface area contributed by atoms with Gasteiger partial charge in [-0.1, -0.05) is 24.1 Å². The van der Waals surface area contributed by atoms with E-state index in [0.717, 1.165) is 17.9 Å². The van der Waals surface area contributed by atoms with Gasteiger partial charge < -0.3 is 10.6 Å². The molecule has 2 heterocycles. The van der Waals surface area contributed by atoms with Crippen LogP contribution in [0.25, 0.3) is 11.0 Å². The van der Waals surface area contributed by atoms with Gasteiger partial charge in [0.05, 0.1) is 5.39 Å². The van der Waals surface area contributed by atoms with Crippen LogP contribution in [-0.4, -0.2) is 32.2 Å². The van der Waals surface area contributed by atoms with Crippen LogP contribution in [0.2, 0.25) is 0 Å². The Morgan fingerprint density at radius 3 is 2.64 bits per heavy atom. The number of hydrogen-bond acceptors (Lipinski definition) is 5. The standard InChI is InChI=1S/C27H26F2N6O/c1-5-30-24-23-22(34-35(6-2)25(23)32-16-31-24)13-12-18-14-19(11-10-17(18)3)26(36)33-21-9-7-8-20(15-21)27(4,28)29/h7-11,14-16H,5-6H2,1-4H3,(H,33,36)(H,30,31,32). The topological polar surface area (TPSA) is 84.7 Å². The van der Waals surface area contributed by atoms with Gasteiger partial charge >= 0.3 is 0 Å². The smallest absolute Gasteiger partial charge is 0.270 e. The molecule has 36 heavy (non-hydrogen) atoms. The van der Waals surface area contributed by atoms with Crippen LogP contribution in [0.4, 0.5) is 20.3 Å². The van der Waals surface area contributed by atoms with Gasteiger partial charge in [0.1, 0.15) is 17.8 Å². The molecule has 9 heteroatoms. The molecule has 0 aliphatic carbocycles. The third-order valence-electron chi connectivity index (χ3n) is 5.62. The molecule has 4 rings (SSSR count). The Morgan fingerprint density at radius 2 is 1.92 bits per heavy atom. The lowest BCUT2D eigenvalue weighted by atomic mass is 10.0. The lowest BCUT2D eigenvalue weighted by Crippen LogP contribution is -2.13. The fraction of sp³-hybridized carbons (Fsp3) is 0.259. The highest BCUT2D eigenvalue weighted by molar-refractivity contribution is 6.04. The Labute approximate surface area is 208 Å². The number of nitrogens with zero attached hydrogens (tertiary/aromatic N) is 4. The zero-order valence-corrected chi connectivity index (χ0v) is 20.5. The summed E-state index contributed by atoms with van der Waals surface area (Å²) in [5, 5.41) is 11.3. The Morgan fingerprint density at radius 1 is 1.11 bits per heavy atom. The summed E-state index contributed by atoms with van der Waals surface area (Å²) in [4.78, 5) is 21.6. The van der Waals surface area contributed by atoms with Crippen LogP contribution < -0.4 is 10.6 Å². The molecule has 0 radical (unpaired) electrons. The van der Waals surface area contributed by atoms with Crippen molar-refractivity contribution in [3.05, 3.63) is 76.7 Å². The van der Waals surface area contributed by atoms with Gasteiger partial charge in [-0.2, -0.15) is 5.10 Å². The van der Waals surface area contributed by atoms with Crippen molar-refractivity contribution in [1.29, 1.82) is 0 Å². The number of amides is 1. The van der Waals surface area contributed by atoms with Gasteiger partial charge in [-0.05, 0) is 56.5 Å². The molecule has 4 aromatic rings.